The van der Waals surface area contributed by atoms with E-state index in [1.165, 1.54) is 13.3 Å². The summed E-state index contributed by atoms with van der Waals surface area (Å²) < 4.78 is 34.3. The van der Waals surface area contributed by atoms with E-state index >= 15 is 0 Å². The SMILES string of the molecule is COc1cc(Nc2c(C#N)cnc3cc(OCCCN4CCN(C(=O)CCCCCOCCOCCOCCCCCCNc5cccc6c5C(=O)N(C5CCC(=O)NC5=O)C6=O)CC4)c(OC)cc23)c(Cl)cc1Cl. The van der Waals surface area contributed by atoms with Gasteiger partial charge in [0, 0.05) is 94.7 Å². The van der Waals surface area contributed by atoms with Crippen LogP contribution in [0.1, 0.15) is 96.9 Å². The number of ether oxygens (including phenoxy) is 6. The van der Waals surface area contributed by atoms with Crippen LogP contribution in [0, 0.1) is 11.3 Å². The van der Waals surface area contributed by atoms with Crippen LogP contribution in [0.15, 0.2) is 48.7 Å². The summed E-state index contributed by atoms with van der Waals surface area (Å²) in [7, 11) is 3.08. The Morgan fingerprint density at radius 1 is 0.773 bits per heavy atom. The van der Waals surface area contributed by atoms with Gasteiger partial charge in [-0.2, -0.15) is 5.26 Å². The number of unbranched alkanes of at least 4 members (excludes halogenated alkanes) is 5. The quantitative estimate of drug-likeness (QED) is 0.0335. The predicted octanol–water partition coefficient (Wildman–Crippen LogP) is 7.77. The molecular weight excluding hydrogens is 1010 g/mol. The second-order valence-electron chi connectivity index (χ2n) is 18.4. The summed E-state index contributed by atoms with van der Waals surface area (Å²) in [5.41, 5.74) is 3.03. The fourth-order valence-electron chi connectivity index (χ4n) is 9.22. The number of nitrogens with one attached hydrogen (secondary N) is 3. The minimum absolute atomic E-state index is 0.0776. The van der Waals surface area contributed by atoms with Crippen molar-refractivity contribution in [2.45, 2.75) is 76.7 Å². The lowest BCUT2D eigenvalue weighted by atomic mass is 10.0. The molecule has 3 aliphatic rings. The molecule has 0 radical (unpaired) electrons. The number of imide groups is 2. The number of hydrogen-bond donors (Lipinski definition) is 3. The van der Waals surface area contributed by atoms with Crippen LogP contribution < -0.4 is 30.2 Å². The third kappa shape index (κ3) is 15.2. The minimum atomic E-state index is -0.992. The summed E-state index contributed by atoms with van der Waals surface area (Å²) in [6.45, 7) is 8.23. The van der Waals surface area contributed by atoms with Gasteiger partial charge in [-0.3, -0.25) is 44.1 Å². The van der Waals surface area contributed by atoms with E-state index in [0.717, 1.165) is 75.9 Å². The van der Waals surface area contributed by atoms with Crippen LogP contribution in [0.2, 0.25) is 10.0 Å². The van der Waals surface area contributed by atoms with Crippen molar-refractivity contribution in [3.63, 3.8) is 0 Å². The molecule has 3 aliphatic heterocycles. The number of pyridine rings is 1. The first-order chi connectivity index (χ1) is 36.5. The predicted molar refractivity (Wildman–Crippen MR) is 283 cm³/mol. The number of rotatable bonds is 30. The molecule has 0 saturated carbocycles. The largest absolute Gasteiger partial charge is 0.495 e. The van der Waals surface area contributed by atoms with Gasteiger partial charge in [-0.25, -0.2) is 0 Å². The Kier molecular flexibility index (Phi) is 21.5. The molecule has 4 heterocycles. The highest BCUT2D eigenvalue weighted by Crippen LogP contribution is 2.41. The topological polar surface area (TPSA) is 223 Å². The molecular formula is C54H66Cl2N8O11. The average molecular weight is 1070 g/mol. The molecule has 0 aliphatic carbocycles. The van der Waals surface area contributed by atoms with Gasteiger partial charge in [0.15, 0.2) is 11.5 Å². The fourth-order valence-corrected chi connectivity index (χ4v) is 9.73. The smallest absolute Gasteiger partial charge is 0.264 e. The summed E-state index contributed by atoms with van der Waals surface area (Å²) in [5, 5.41) is 20.0. The number of carbonyl (C=O) groups is 5. The zero-order valence-corrected chi connectivity index (χ0v) is 44.2. The van der Waals surface area contributed by atoms with Crippen molar-refractivity contribution in [3.05, 3.63) is 75.4 Å². The Morgan fingerprint density at radius 2 is 1.48 bits per heavy atom. The van der Waals surface area contributed by atoms with E-state index in [4.69, 9.17) is 51.6 Å². The molecule has 0 bridgehead atoms. The van der Waals surface area contributed by atoms with Gasteiger partial charge in [-0.05, 0) is 62.8 Å². The van der Waals surface area contributed by atoms with Crippen LogP contribution >= 0.6 is 23.2 Å². The van der Waals surface area contributed by atoms with E-state index < -0.39 is 29.7 Å². The summed E-state index contributed by atoms with van der Waals surface area (Å²) >= 11 is 12.7. The van der Waals surface area contributed by atoms with Crippen LogP contribution in [-0.2, 0) is 28.6 Å². The zero-order chi connectivity index (χ0) is 53.1. The van der Waals surface area contributed by atoms with E-state index in [1.807, 2.05) is 4.90 Å². The van der Waals surface area contributed by atoms with Gasteiger partial charge < -0.3 is 44.0 Å². The minimum Gasteiger partial charge on any atom is -0.495 e. The number of anilines is 3. The van der Waals surface area contributed by atoms with E-state index in [0.29, 0.717) is 133 Å². The number of carbonyl (C=O) groups excluding carboxylic acids is 5. The molecule has 75 heavy (non-hydrogen) atoms. The fraction of sp³-hybridized carbons (Fsp3) is 0.500. The van der Waals surface area contributed by atoms with Crippen LogP contribution in [0.3, 0.4) is 0 Å². The molecule has 402 valence electrons. The summed E-state index contributed by atoms with van der Waals surface area (Å²) in [6, 6.07) is 13.1. The second kappa shape index (κ2) is 28.6. The van der Waals surface area contributed by atoms with Gasteiger partial charge in [-0.1, -0.05) is 48.5 Å². The number of methoxy groups -OCH3 is 2. The number of benzene rings is 3. The molecule has 1 unspecified atom stereocenters. The molecule has 5 amide bonds. The molecule has 7 rings (SSSR count). The number of amides is 5. The van der Waals surface area contributed by atoms with E-state index in [9.17, 15) is 29.2 Å². The maximum Gasteiger partial charge on any atom is 0.264 e. The number of piperazine rings is 1. The Bertz CT molecular complexity index is 2700. The average Bonchev–Trinajstić information content (AvgIpc) is 3.67. The van der Waals surface area contributed by atoms with Crippen molar-refractivity contribution in [1.29, 1.82) is 5.26 Å². The molecule has 1 aromatic heterocycles. The molecule has 4 aromatic rings. The van der Waals surface area contributed by atoms with Crippen molar-refractivity contribution in [3.8, 4) is 23.3 Å². The van der Waals surface area contributed by atoms with Crippen molar-refractivity contribution < 1.29 is 52.4 Å². The van der Waals surface area contributed by atoms with Crippen LogP contribution in [0.5, 0.6) is 17.2 Å². The lowest BCUT2D eigenvalue weighted by molar-refractivity contribution is -0.136. The number of aromatic nitrogens is 1. The molecule has 0 spiro atoms. The van der Waals surface area contributed by atoms with E-state index in [-0.39, 0.29) is 29.9 Å². The molecule has 1 atom stereocenters. The number of fused-ring (bicyclic) bond motifs is 2. The zero-order valence-electron chi connectivity index (χ0n) is 42.6. The van der Waals surface area contributed by atoms with E-state index in [1.54, 1.807) is 49.6 Å². The maximum atomic E-state index is 13.3. The lowest BCUT2D eigenvalue weighted by Gasteiger charge is -2.34. The van der Waals surface area contributed by atoms with Gasteiger partial charge >= 0.3 is 0 Å². The van der Waals surface area contributed by atoms with Gasteiger partial charge in [0.2, 0.25) is 17.7 Å². The van der Waals surface area contributed by atoms with Crippen LogP contribution in [0.4, 0.5) is 17.1 Å². The van der Waals surface area contributed by atoms with Crippen molar-refractivity contribution in [2.75, 3.05) is 110 Å². The second-order valence-corrected chi connectivity index (χ2v) is 19.2. The normalized spacial score (nSPS) is 15.7. The van der Waals surface area contributed by atoms with E-state index in [2.05, 4.69) is 31.9 Å². The summed E-state index contributed by atoms with van der Waals surface area (Å²) in [6.07, 6.45) is 9.38. The number of hydrogen-bond acceptors (Lipinski definition) is 16. The monoisotopic (exact) mass is 1070 g/mol. The molecule has 2 saturated heterocycles. The molecule has 2 fully saturated rings. The van der Waals surface area contributed by atoms with Gasteiger partial charge in [-0.15, -0.1) is 0 Å². The van der Waals surface area contributed by atoms with Crippen LogP contribution in [0.25, 0.3) is 10.9 Å². The van der Waals surface area contributed by atoms with Crippen molar-refractivity contribution >= 4 is 80.7 Å². The first-order valence-corrected chi connectivity index (χ1v) is 26.4. The highest BCUT2D eigenvalue weighted by Gasteiger charge is 2.45. The number of nitriles is 1. The highest BCUT2D eigenvalue weighted by molar-refractivity contribution is 6.37. The summed E-state index contributed by atoms with van der Waals surface area (Å²) in [4.78, 5) is 73.0. The standard InChI is InChI=1S/C54H66Cl2N8O11/c1-70-45-33-43(39(55)31-40(45)56)60-51-36(34-57)35-59-42-32-47(46(71-2)30-38(42)51)75-25-11-18-62-19-21-63(22-20-62)49(66)14-6-5-9-24-73-27-29-74-28-26-72-23-8-4-3-7-17-58-41-13-10-12-37-50(41)54(69)64(53(37)68)44-15-16-48(65)61-52(44)67/h10,12-13,30-33,35,44,58H,3-9,11,14-29H2,1-2H3,(H,59,60)(H,61,65,67). The third-order valence-electron chi connectivity index (χ3n) is 13.3. The van der Waals surface area contributed by atoms with Crippen molar-refractivity contribution in [2.24, 2.45) is 0 Å². The lowest BCUT2D eigenvalue weighted by Crippen LogP contribution is -2.54. The van der Waals surface area contributed by atoms with Gasteiger partial charge in [0.1, 0.15) is 17.9 Å². The first-order valence-electron chi connectivity index (χ1n) is 25.7. The molecule has 19 nitrogen and oxygen atoms in total. The number of halogens is 2. The molecule has 3 N–H and O–H groups in total. The Hall–Kier alpha value is -6.27. The Morgan fingerprint density at radius 3 is 2.19 bits per heavy atom. The third-order valence-corrected chi connectivity index (χ3v) is 13.9. The van der Waals surface area contributed by atoms with Gasteiger partial charge in [0.25, 0.3) is 11.8 Å². The van der Waals surface area contributed by atoms with Gasteiger partial charge in [0.05, 0.1) is 90.9 Å². The molecule has 21 heteroatoms. The Labute approximate surface area is 447 Å². The molecule has 3 aromatic carbocycles. The Balaban J connectivity index is 0.662. The number of nitrogens with zero attached hydrogens (tertiary/aromatic N) is 5. The van der Waals surface area contributed by atoms with Crippen LogP contribution in [-0.4, -0.2) is 155 Å². The number of piperidine rings is 1. The summed E-state index contributed by atoms with van der Waals surface area (Å²) in [5.74, 6) is -0.395. The highest BCUT2D eigenvalue weighted by atomic mass is 35.5. The maximum absolute atomic E-state index is 13.3. The van der Waals surface area contributed by atoms with Crippen molar-refractivity contribution in [1.82, 2.24) is 25.0 Å². The first kappa shape index (κ1) is 56.5.